The molecule has 26 heavy (non-hydrogen) atoms. The van der Waals surface area contributed by atoms with Crippen LogP contribution in [0.25, 0.3) is 0 Å². The third-order valence-electron chi connectivity index (χ3n) is 5.27. The minimum Gasteiger partial charge on any atom is -0.353 e. The molecule has 0 amide bonds. The summed E-state index contributed by atoms with van der Waals surface area (Å²) >= 11 is 0. The quantitative estimate of drug-likeness (QED) is 0.226. The van der Waals surface area contributed by atoms with E-state index in [4.69, 9.17) is 9.47 Å². The van der Waals surface area contributed by atoms with Gasteiger partial charge in [-0.1, -0.05) is 52.4 Å². The Kier molecular flexibility index (Phi) is 10.3. The van der Waals surface area contributed by atoms with Crippen LogP contribution in [0.3, 0.4) is 0 Å². The fourth-order valence-electron chi connectivity index (χ4n) is 3.63. The topological polar surface area (TPSA) is 18.5 Å². The number of hydrogen-bond acceptors (Lipinski definition) is 2. The molecule has 0 aromatic heterocycles. The third-order valence-corrected chi connectivity index (χ3v) is 5.27. The van der Waals surface area contributed by atoms with Gasteiger partial charge in [0.15, 0.2) is 17.4 Å². The zero-order valence-electron chi connectivity index (χ0n) is 16.5. The second-order valence-electron chi connectivity index (χ2n) is 6.89. The van der Waals surface area contributed by atoms with Gasteiger partial charge in [-0.25, -0.2) is 13.2 Å². The van der Waals surface area contributed by atoms with E-state index in [1.807, 2.05) is 6.92 Å². The standard InChI is InChI=1S/C21H33F3O2/c1-5-7-8-9-10-11-12-17(21(6-2,25-3)26-4)13-16-14-19(23)20(24)15-18(16)22/h14-15,17H,5-13H2,1-4H3. The first-order chi connectivity index (χ1) is 12.4. The highest BCUT2D eigenvalue weighted by atomic mass is 19.2. The summed E-state index contributed by atoms with van der Waals surface area (Å²) in [6.45, 7) is 4.13. The SMILES string of the molecule is CCCCCCCCC(Cc1cc(F)c(F)cc1F)C(CC)(OC)OC. The molecule has 0 radical (unpaired) electrons. The molecule has 0 aliphatic rings. The summed E-state index contributed by atoms with van der Waals surface area (Å²) in [5, 5.41) is 0. The van der Waals surface area contributed by atoms with E-state index >= 15 is 0 Å². The normalized spacial score (nSPS) is 13.2. The minimum atomic E-state index is -1.17. The minimum absolute atomic E-state index is 0.145. The molecule has 0 saturated heterocycles. The van der Waals surface area contributed by atoms with E-state index in [-0.39, 0.29) is 17.9 Å². The molecule has 1 unspecified atom stereocenters. The number of methoxy groups -OCH3 is 2. The molecule has 150 valence electrons. The lowest BCUT2D eigenvalue weighted by Gasteiger charge is -2.38. The molecule has 2 nitrogen and oxygen atoms in total. The second kappa shape index (κ2) is 11.6. The van der Waals surface area contributed by atoms with Crippen molar-refractivity contribution in [1.29, 1.82) is 0 Å². The Balaban J connectivity index is 2.88. The van der Waals surface area contributed by atoms with Gasteiger partial charge in [0, 0.05) is 26.2 Å². The maximum Gasteiger partial charge on any atom is 0.170 e. The lowest BCUT2D eigenvalue weighted by Crippen LogP contribution is -2.42. The third kappa shape index (κ3) is 6.27. The number of benzene rings is 1. The second-order valence-corrected chi connectivity index (χ2v) is 6.89. The summed E-state index contributed by atoms with van der Waals surface area (Å²) < 4.78 is 52.2. The van der Waals surface area contributed by atoms with Crippen LogP contribution in [-0.2, 0) is 15.9 Å². The van der Waals surface area contributed by atoms with E-state index in [0.29, 0.717) is 12.5 Å². The summed E-state index contributed by atoms with van der Waals surface area (Å²) in [4.78, 5) is 0. The molecule has 0 saturated carbocycles. The molecular formula is C21H33F3O2. The molecule has 0 heterocycles. The summed E-state index contributed by atoms with van der Waals surface area (Å²) in [5.74, 6) is -3.93. The Labute approximate surface area is 156 Å². The van der Waals surface area contributed by atoms with Crippen LogP contribution in [0.1, 0.15) is 70.8 Å². The van der Waals surface area contributed by atoms with Crippen LogP contribution in [0.5, 0.6) is 0 Å². The van der Waals surface area contributed by atoms with Gasteiger partial charge >= 0.3 is 0 Å². The maximum atomic E-state index is 14.1. The van der Waals surface area contributed by atoms with E-state index in [2.05, 4.69) is 6.92 Å². The van der Waals surface area contributed by atoms with Gasteiger partial charge in [-0.15, -0.1) is 0 Å². The van der Waals surface area contributed by atoms with Crippen molar-refractivity contribution in [2.75, 3.05) is 14.2 Å². The van der Waals surface area contributed by atoms with E-state index in [1.165, 1.54) is 25.7 Å². The summed E-state index contributed by atoms with van der Waals surface area (Å²) in [6, 6.07) is 1.56. The van der Waals surface area contributed by atoms with Gasteiger partial charge in [-0.3, -0.25) is 0 Å². The monoisotopic (exact) mass is 374 g/mol. The van der Waals surface area contributed by atoms with Gasteiger partial charge in [-0.05, 0) is 30.9 Å². The molecule has 1 atom stereocenters. The van der Waals surface area contributed by atoms with Crippen molar-refractivity contribution >= 4 is 0 Å². The first kappa shape index (κ1) is 23.0. The average Bonchev–Trinajstić information content (AvgIpc) is 2.63. The molecule has 0 bridgehead atoms. The van der Waals surface area contributed by atoms with Crippen LogP contribution in [0, 0.1) is 23.4 Å². The molecular weight excluding hydrogens is 341 g/mol. The van der Waals surface area contributed by atoms with Gasteiger partial charge in [0.2, 0.25) is 0 Å². The van der Waals surface area contributed by atoms with Gasteiger partial charge in [0.25, 0.3) is 0 Å². The van der Waals surface area contributed by atoms with Crippen molar-refractivity contribution in [3.05, 3.63) is 35.1 Å². The number of halogens is 3. The molecule has 0 aliphatic heterocycles. The Bertz CT molecular complexity index is 522. The highest BCUT2D eigenvalue weighted by Crippen LogP contribution is 2.34. The lowest BCUT2D eigenvalue weighted by atomic mass is 9.84. The fourth-order valence-corrected chi connectivity index (χ4v) is 3.63. The maximum absolute atomic E-state index is 14.1. The highest BCUT2D eigenvalue weighted by molar-refractivity contribution is 5.21. The summed E-state index contributed by atoms with van der Waals surface area (Å²) in [5.41, 5.74) is 0.159. The number of ether oxygens (including phenoxy) is 2. The Morgan fingerprint density at radius 2 is 1.42 bits per heavy atom. The smallest absolute Gasteiger partial charge is 0.170 e. The predicted octanol–water partition coefficient (Wildman–Crippen LogP) is 6.41. The van der Waals surface area contributed by atoms with Gasteiger partial charge in [-0.2, -0.15) is 0 Å². The Hall–Kier alpha value is -1.07. The number of hydrogen-bond donors (Lipinski definition) is 0. The number of unbranched alkanes of at least 4 members (excludes halogenated alkanes) is 5. The van der Waals surface area contributed by atoms with Crippen LogP contribution >= 0.6 is 0 Å². The van der Waals surface area contributed by atoms with Crippen LogP contribution in [0.2, 0.25) is 0 Å². The summed E-state index contributed by atoms with van der Waals surface area (Å²) in [7, 11) is 3.14. The van der Waals surface area contributed by atoms with Gasteiger partial charge < -0.3 is 9.47 Å². The van der Waals surface area contributed by atoms with Crippen molar-refractivity contribution in [2.24, 2.45) is 5.92 Å². The summed E-state index contributed by atoms with van der Waals surface area (Å²) in [6.07, 6.45) is 8.48. The first-order valence-electron chi connectivity index (χ1n) is 9.67. The molecule has 5 heteroatoms. The van der Waals surface area contributed by atoms with Crippen molar-refractivity contribution in [1.82, 2.24) is 0 Å². The fraction of sp³-hybridized carbons (Fsp3) is 0.714. The van der Waals surface area contributed by atoms with Crippen molar-refractivity contribution in [3.63, 3.8) is 0 Å². The molecule has 1 aromatic rings. The van der Waals surface area contributed by atoms with E-state index in [9.17, 15) is 13.2 Å². The van der Waals surface area contributed by atoms with Crippen LogP contribution in [0.15, 0.2) is 12.1 Å². The van der Waals surface area contributed by atoms with Crippen molar-refractivity contribution in [3.8, 4) is 0 Å². The zero-order valence-corrected chi connectivity index (χ0v) is 16.5. The molecule has 0 spiro atoms. The van der Waals surface area contributed by atoms with Gasteiger partial charge in [0.05, 0.1) is 0 Å². The average molecular weight is 374 g/mol. The molecule has 0 N–H and O–H groups in total. The van der Waals surface area contributed by atoms with Crippen LogP contribution in [0.4, 0.5) is 13.2 Å². The lowest BCUT2D eigenvalue weighted by molar-refractivity contribution is -0.243. The van der Waals surface area contributed by atoms with Crippen LogP contribution < -0.4 is 0 Å². The molecule has 0 fully saturated rings. The molecule has 0 aliphatic carbocycles. The molecule has 1 rings (SSSR count). The predicted molar refractivity (Wildman–Crippen MR) is 98.5 cm³/mol. The Morgan fingerprint density at radius 1 is 0.846 bits per heavy atom. The van der Waals surface area contributed by atoms with E-state index in [0.717, 1.165) is 25.3 Å². The highest BCUT2D eigenvalue weighted by Gasteiger charge is 2.37. The van der Waals surface area contributed by atoms with Crippen molar-refractivity contribution < 1.29 is 22.6 Å². The zero-order chi connectivity index (χ0) is 19.6. The van der Waals surface area contributed by atoms with Gasteiger partial charge in [0.1, 0.15) is 5.82 Å². The Morgan fingerprint density at radius 3 is 2.00 bits per heavy atom. The van der Waals surface area contributed by atoms with E-state index in [1.54, 1.807) is 14.2 Å². The molecule has 1 aromatic carbocycles. The van der Waals surface area contributed by atoms with Crippen molar-refractivity contribution in [2.45, 2.75) is 77.4 Å². The largest absolute Gasteiger partial charge is 0.353 e. The van der Waals surface area contributed by atoms with E-state index < -0.39 is 23.2 Å². The first-order valence-corrected chi connectivity index (χ1v) is 9.67. The number of rotatable bonds is 13. The van der Waals surface area contributed by atoms with Crippen LogP contribution in [-0.4, -0.2) is 20.0 Å².